The average molecular weight is 370 g/mol. The molecule has 2 unspecified atom stereocenters. The third-order valence-corrected chi connectivity index (χ3v) is 6.48. The fourth-order valence-electron chi connectivity index (χ4n) is 4.83. The van der Waals surface area contributed by atoms with Crippen LogP contribution in [0, 0.1) is 18.8 Å². The minimum atomic E-state index is -0.142. The van der Waals surface area contributed by atoms with Gasteiger partial charge in [0.05, 0.1) is 19.1 Å². The lowest BCUT2D eigenvalue weighted by atomic mass is 9.87. The summed E-state index contributed by atoms with van der Waals surface area (Å²) < 4.78 is 5.41. The summed E-state index contributed by atoms with van der Waals surface area (Å²) in [5.74, 6) is 0.566. The summed E-state index contributed by atoms with van der Waals surface area (Å²) in [5, 5.41) is 0. The van der Waals surface area contributed by atoms with Crippen molar-refractivity contribution >= 4 is 11.8 Å². The first-order chi connectivity index (χ1) is 13.1. The number of morpholine rings is 1. The van der Waals surface area contributed by atoms with Crippen molar-refractivity contribution in [2.24, 2.45) is 11.8 Å². The second-order valence-corrected chi connectivity index (χ2v) is 8.29. The first kappa shape index (κ1) is 18.5. The lowest BCUT2D eigenvalue weighted by Crippen LogP contribution is -2.45. The fraction of sp³-hybridized carbons (Fsp3) is 0.636. The fourth-order valence-corrected chi connectivity index (χ4v) is 4.83. The van der Waals surface area contributed by atoms with Gasteiger partial charge < -0.3 is 14.5 Å². The molecule has 2 atom stereocenters. The van der Waals surface area contributed by atoms with Crippen LogP contribution in [0.2, 0.25) is 0 Å². The summed E-state index contributed by atoms with van der Waals surface area (Å²) in [4.78, 5) is 30.2. The van der Waals surface area contributed by atoms with Gasteiger partial charge in [0.25, 0.3) is 0 Å². The Morgan fingerprint density at radius 1 is 0.926 bits per heavy atom. The number of aryl methyl sites for hydroxylation is 1. The zero-order valence-electron chi connectivity index (χ0n) is 16.2. The molecule has 5 nitrogen and oxygen atoms in total. The van der Waals surface area contributed by atoms with E-state index >= 15 is 0 Å². The van der Waals surface area contributed by atoms with Crippen molar-refractivity contribution in [3.8, 4) is 0 Å². The van der Waals surface area contributed by atoms with Gasteiger partial charge in [0.15, 0.2) is 0 Å². The molecule has 1 aliphatic carbocycles. The number of hydrogen-bond acceptors (Lipinski definition) is 3. The lowest BCUT2D eigenvalue weighted by molar-refractivity contribution is -0.140. The van der Waals surface area contributed by atoms with Crippen LogP contribution in [0.3, 0.4) is 0 Å². The molecule has 1 aromatic rings. The topological polar surface area (TPSA) is 49.9 Å². The largest absolute Gasteiger partial charge is 0.378 e. The number of carbonyl (C=O) groups excluding carboxylic acids is 2. The Labute approximate surface area is 161 Å². The van der Waals surface area contributed by atoms with Crippen molar-refractivity contribution in [1.29, 1.82) is 0 Å². The molecule has 4 rings (SSSR count). The number of likely N-dealkylation sites (tertiary alicyclic amines) is 1. The normalized spacial score (nSPS) is 26.6. The number of nitrogens with zero attached hydrogens (tertiary/aromatic N) is 2. The number of amides is 2. The van der Waals surface area contributed by atoms with Gasteiger partial charge >= 0.3 is 0 Å². The van der Waals surface area contributed by atoms with Crippen LogP contribution in [-0.2, 0) is 14.3 Å². The standard InChI is InChI=1S/C22H30N2O3/c1-16-6-8-17(9-7-16)19-14-24(21(25)18-4-2-3-5-18)15-20(19)22(26)23-10-12-27-13-11-23/h6-9,18-20H,2-5,10-15H2,1H3. The van der Waals surface area contributed by atoms with Gasteiger partial charge in [0.2, 0.25) is 11.8 Å². The van der Waals surface area contributed by atoms with E-state index in [1.165, 1.54) is 11.1 Å². The van der Waals surface area contributed by atoms with Crippen molar-refractivity contribution in [3.63, 3.8) is 0 Å². The SMILES string of the molecule is Cc1ccc(C2CN(C(=O)C3CCCC3)CC2C(=O)N2CCOCC2)cc1. The number of carbonyl (C=O) groups is 2. The minimum Gasteiger partial charge on any atom is -0.378 e. The molecule has 5 heteroatoms. The Balaban J connectivity index is 1.55. The van der Waals surface area contributed by atoms with Crippen molar-refractivity contribution < 1.29 is 14.3 Å². The molecule has 146 valence electrons. The Morgan fingerprint density at radius 3 is 2.26 bits per heavy atom. The second kappa shape index (κ2) is 8.01. The van der Waals surface area contributed by atoms with Crippen LogP contribution in [0.25, 0.3) is 0 Å². The van der Waals surface area contributed by atoms with Gasteiger partial charge in [-0.15, -0.1) is 0 Å². The predicted octanol–water partition coefficient (Wildman–Crippen LogP) is 2.59. The molecule has 1 saturated carbocycles. The second-order valence-electron chi connectivity index (χ2n) is 8.29. The maximum absolute atomic E-state index is 13.3. The van der Waals surface area contributed by atoms with Crippen LogP contribution >= 0.6 is 0 Å². The van der Waals surface area contributed by atoms with Crippen LogP contribution in [0.4, 0.5) is 0 Å². The smallest absolute Gasteiger partial charge is 0.228 e. The third kappa shape index (κ3) is 3.88. The van der Waals surface area contributed by atoms with E-state index in [4.69, 9.17) is 4.74 Å². The Bertz CT molecular complexity index is 675. The van der Waals surface area contributed by atoms with Gasteiger partial charge in [0.1, 0.15) is 0 Å². The first-order valence-corrected chi connectivity index (χ1v) is 10.4. The van der Waals surface area contributed by atoms with Crippen molar-refractivity contribution in [2.45, 2.75) is 38.5 Å². The van der Waals surface area contributed by atoms with Crippen LogP contribution in [0.1, 0.15) is 42.7 Å². The monoisotopic (exact) mass is 370 g/mol. The van der Waals surface area contributed by atoms with E-state index in [-0.39, 0.29) is 29.6 Å². The van der Waals surface area contributed by atoms with E-state index in [1.807, 2.05) is 9.80 Å². The molecular weight excluding hydrogens is 340 g/mol. The van der Waals surface area contributed by atoms with E-state index in [1.54, 1.807) is 0 Å². The average Bonchev–Trinajstić information content (AvgIpc) is 3.38. The predicted molar refractivity (Wildman–Crippen MR) is 103 cm³/mol. The Hall–Kier alpha value is -1.88. The summed E-state index contributed by atoms with van der Waals surface area (Å²) in [7, 11) is 0. The zero-order valence-corrected chi connectivity index (χ0v) is 16.2. The van der Waals surface area contributed by atoms with E-state index in [0.717, 1.165) is 25.7 Å². The molecule has 2 amide bonds. The van der Waals surface area contributed by atoms with E-state index < -0.39 is 0 Å². The van der Waals surface area contributed by atoms with Gasteiger partial charge in [0, 0.05) is 38.0 Å². The molecule has 27 heavy (non-hydrogen) atoms. The first-order valence-electron chi connectivity index (χ1n) is 10.4. The number of ether oxygens (including phenoxy) is 1. The van der Waals surface area contributed by atoms with Gasteiger partial charge in [-0.3, -0.25) is 9.59 Å². The summed E-state index contributed by atoms with van der Waals surface area (Å²) in [6.45, 7) is 5.84. The molecule has 0 radical (unpaired) electrons. The third-order valence-electron chi connectivity index (χ3n) is 6.48. The molecule has 0 bridgehead atoms. The van der Waals surface area contributed by atoms with Crippen LogP contribution in [0.15, 0.2) is 24.3 Å². The molecule has 0 spiro atoms. The van der Waals surface area contributed by atoms with Crippen molar-refractivity contribution in [1.82, 2.24) is 9.80 Å². The lowest BCUT2D eigenvalue weighted by Gasteiger charge is -2.31. The van der Waals surface area contributed by atoms with Crippen molar-refractivity contribution in [2.75, 3.05) is 39.4 Å². The molecule has 2 saturated heterocycles. The molecule has 0 aromatic heterocycles. The van der Waals surface area contributed by atoms with Gasteiger partial charge in [-0.2, -0.15) is 0 Å². The zero-order chi connectivity index (χ0) is 18.8. The highest BCUT2D eigenvalue weighted by molar-refractivity contribution is 5.84. The van der Waals surface area contributed by atoms with Gasteiger partial charge in [-0.1, -0.05) is 42.7 Å². The van der Waals surface area contributed by atoms with E-state index in [0.29, 0.717) is 39.4 Å². The molecular formula is C22H30N2O3. The summed E-state index contributed by atoms with van der Waals surface area (Å²) in [5.41, 5.74) is 2.39. The van der Waals surface area contributed by atoms with E-state index in [9.17, 15) is 9.59 Å². The minimum absolute atomic E-state index is 0.0892. The molecule has 0 N–H and O–H groups in total. The maximum atomic E-state index is 13.3. The van der Waals surface area contributed by atoms with Crippen LogP contribution in [0.5, 0.6) is 0 Å². The number of hydrogen-bond donors (Lipinski definition) is 0. The van der Waals surface area contributed by atoms with Crippen LogP contribution in [-0.4, -0.2) is 61.0 Å². The van der Waals surface area contributed by atoms with E-state index in [2.05, 4.69) is 31.2 Å². The molecule has 2 heterocycles. The van der Waals surface area contributed by atoms with Crippen molar-refractivity contribution in [3.05, 3.63) is 35.4 Å². The Morgan fingerprint density at radius 2 is 1.59 bits per heavy atom. The number of rotatable bonds is 3. The molecule has 1 aromatic carbocycles. The van der Waals surface area contributed by atoms with Crippen LogP contribution < -0.4 is 0 Å². The molecule has 3 fully saturated rings. The highest BCUT2D eigenvalue weighted by Gasteiger charge is 2.43. The molecule has 3 aliphatic rings. The van der Waals surface area contributed by atoms with Gasteiger partial charge in [-0.05, 0) is 25.3 Å². The highest BCUT2D eigenvalue weighted by Crippen LogP contribution is 2.37. The highest BCUT2D eigenvalue weighted by atomic mass is 16.5. The summed E-state index contributed by atoms with van der Waals surface area (Å²) in [6.07, 6.45) is 4.32. The summed E-state index contributed by atoms with van der Waals surface area (Å²) in [6, 6.07) is 8.46. The Kier molecular flexibility index (Phi) is 5.48. The number of benzene rings is 1. The quantitative estimate of drug-likeness (QED) is 0.822. The maximum Gasteiger partial charge on any atom is 0.228 e. The summed E-state index contributed by atoms with van der Waals surface area (Å²) >= 11 is 0. The molecule has 2 aliphatic heterocycles. The van der Waals surface area contributed by atoms with Gasteiger partial charge in [-0.25, -0.2) is 0 Å².